The molecule has 96 valence electrons. The Morgan fingerprint density at radius 2 is 1.69 bits per heavy atom. The average Bonchev–Trinajstić information content (AvgIpc) is 2.29. The smallest absolute Gasteiger partial charge is 0.404 e. The SMILES string of the molecule is CCNCC(CC)(CNCC)COC(N)=O. The van der Waals surface area contributed by atoms with Crippen LogP contribution in [0.2, 0.25) is 0 Å². The highest BCUT2D eigenvalue weighted by atomic mass is 16.5. The number of carbonyl (C=O) groups excluding carboxylic acids is 1. The summed E-state index contributed by atoms with van der Waals surface area (Å²) in [5.74, 6) is 0. The normalized spacial score (nSPS) is 11.4. The van der Waals surface area contributed by atoms with Crippen LogP contribution in [0.5, 0.6) is 0 Å². The van der Waals surface area contributed by atoms with E-state index in [-0.39, 0.29) is 5.41 Å². The second-order valence-corrected chi connectivity index (χ2v) is 4.02. The predicted octanol–water partition coefficient (Wildman–Crippen LogP) is 0.697. The van der Waals surface area contributed by atoms with Gasteiger partial charge < -0.3 is 21.1 Å². The predicted molar refractivity (Wildman–Crippen MR) is 65.3 cm³/mol. The number of ether oxygens (including phenoxy) is 1. The molecule has 0 fully saturated rings. The van der Waals surface area contributed by atoms with Gasteiger partial charge in [0.05, 0.1) is 0 Å². The van der Waals surface area contributed by atoms with E-state index in [0.29, 0.717) is 6.61 Å². The molecule has 0 rings (SSSR count). The first-order valence-corrected chi connectivity index (χ1v) is 5.94. The van der Waals surface area contributed by atoms with Gasteiger partial charge in [-0.3, -0.25) is 0 Å². The number of nitrogens with two attached hydrogens (primary N) is 1. The minimum Gasteiger partial charge on any atom is -0.449 e. The topological polar surface area (TPSA) is 76.4 Å². The number of nitrogens with one attached hydrogen (secondary N) is 2. The van der Waals surface area contributed by atoms with Crippen LogP contribution in [0.4, 0.5) is 4.79 Å². The van der Waals surface area contributed by atoms with Gasteiger partial charge in [0.1, 0.15) is 6.61 Å². The van der Waals surface area contributed by atoms with E-state index in [1.807, 2.05) is 0 Å². The molecule has 0 aromatic heterocycles. The van der Waals surface area contributed by atoms with Gasteiger partial charge in [0.15, 0.2) is 0 Å². The van der Waals surface area contributed by atoms with Crippen molar-refractivity contribution in [2.24, 2.45) is 11.1 Å². The third kappa shape index (κ3) is 5.92. The number of rotatable bonds is 9. The maximum Gasteiger partial charge on any atom is 0.404 e. The van der Waals surface area contributed by atoms with Crippen LogP contribution in [0.3, 0.4) is 0 Å². The quantitative estimate of drug-likeness (QED) is 0.546. The van der Waals surface area contributed by atoms with E-state index >= 15 is 0 Å². The summed E-state index contributed by atoms with van der Waals surface area (Å²) >= 11 is 0. The van der Waals surface area contributed by atoms with Gasteiger partial charge in [-0.15, -0.1) is 0 Å². The van der Waals surface area contributed by atoms with Crippen molar-refractivity contribution in [1.29, 1.82) is 0 Å². The molecule has 0 saturated carbocycles. The van der Waals surface area contributed by atoms with Crippen molar-refractivity contribution < 1.29 is 9.53 Å². The lowest BCUT2D eigenvalue weighted by Crippen LogP contribution is -2.46. The second kappa shape index (κ2) is 8.35. The van der Waals surface area contributed by atoms with Gasteiger partial charge >= 0.3 is 6.09 Å². The van der Waals surface area contributed by atoms with Crippen molar-refractivity contribution in [2.75, 3.05) is 32.8 Å². The number of primary amides is 1. The number of carbonyl (C=O) groups is 1. The third-order valence-corrected chi connectivity index (χ3v) is 2.77. The number of hydrogen-bond donors (Lipinski definition) is 3. The van der Waals surface area contributed by atoms with Gasteiger partial charge in [-0.2, -0.15) is 0 Å². The zero-order chi connectivity index (χ0) is 12.4. The first-order chi connectivity index (χ1) is 7.60. The molecule has 1 amide bonds. The zero-order valence-corrected chi connectivity index (χ0v) is 10.6. The first-order valence-electron chi connectivity index (χ1n) is 5.94. The van der Waals surface area contributed by atoms with E-state index in [2.05, 4.69) is 31.4 Å². The molecule has 0 aromatic rings. The summed E-state index contributed by atoms with van der Waals surface area (Å²) in [6.45, 7) is 10.0. The van der Waals surface area contributed by atoms with Gasteiger partial charge in [-0.1, -0.05) is 20.8 Å². The van der Waals surface area contributed by atoms with Crippen LogP contribution in [-0.4, -0.2) is 38.9 Å². The molecule has 0 aliphatic heterocycles. The van der Waals surface area contributed by atoms with Crippen molar-refractivity contribution in [1.82, 2.24) is 10.6 Å². The maximum absolute atomic E-state index is 10.7. The molecule has 0 heterocycles. The van der Waals surface area contributed by atoms with Crippen molar-refractivity contribution in [3.8, 4) is 0 Å². The summed E-state index contributed by atoms with van der Waals surface area (Å²) in [7, 11) is 0. The highest BCUT2D eigenvalue weighted by molar-refractivity contribution is 5.64. The summed E-state index contributed by atoms with van der Waals surface area (Å²) in [5, 5.41) is 6.60. The van der Waals surface area contributed by atoms with E-state index in [4.69, 9.17) is 10.5 Å². The molecule has 0 radical (unpaired) electrons. The summed E-state index contributed by atoms with van der Waals surface area (Å²) in [4.78, 5) is 10.7. The van der Waals surface area contributed by atoms with Crippen molar-refractivity contribution >= 4 is 6.09 Å². The van der Waals surface area contributed by atoms with E-state index in [9.17, 15) is 4.79 Å². The number of hydrogen-bond acceptors (Lipinski definition) is 4. The van der Waals surface area contributed by atoms with Crippen LogP contribution in [-0.2, 0) is 4.74 Å². The highest BCUT2D eigenvalue weighted by Gasteiger charge is 2.28. The molecule has 0 saturated heterocycles. The van der Waals surface area contributed by atoms with E-state index in [0.717, 1.165) is 32.6 Å². The molecule has 16 heavy (non-hydrogen) atoms. The molecular formula is C11H25N3O2. The summed E-state index contributed by atoms with van der Waals surface area (Å²) < 4.78 is 4.95. The largest absolute Gasteiger partial charge is 0.449 e. The monoisotopic (exact) mass is 231 g/mol. The second-order valence-electron chi connectivity index (χ2n) is 4.02. The fraction of sp³-hybridized carbons (Fsp3) is 0.909. The van der Waals surface area contributed by atoms with Gasteiger partial charge in [0.25, 0.3) is 0 Å². The number of amides is 1. The van der Waals surface area contributed by atoms with E-state index in [1.165, 1.54) is 0 Å². The molecule has 0 aliphatic carbocycles. The van der Waals surface area contributed by atoms with Crippen molar-refractivity contribution in [2.45, 2.75) is 27.2 Å². The Labute approximate surface area is 98.1 Å². The Morgan fingerprint density at radius 1 is 1.19 bits per heavy atom. The van der Waals surface area contributed by atoms with E-state index < -0.39 is 6.09 Å². The summed E-state index contributed by atoms with van der Waals surface area (Å²) in [5.41, 5.74) is 4.94. The minimum absolute atomic E-state index is 0.0684. The van der Waals surface area contributed by atoms with Crippen LogP contribution in [0, 0.1) is 5.41 Å². The lowest BCUT2D eigenvalue weighted by molar-refractivity contribution is 0.0835. The molecule has 5 nitrogen and oxygen atoms in total. The maximum atomic E-state index is 10.7. The summed E-state index contributed by atoms with van der Waals surface area (Å²) in [6.07, 6.45) is 0.228. The average molecular weight is 231 g/mol. The lowest BCUT2D eigenvalue weighted by Gasteiger charge is -2.32. The third-order valence-electron chi connectivity index (χ3n) is 2.77. The molecule has 0 bridgehead atoms. The Kier molecular flexibility index (Phi) is 7.93. The minimum atomic E-state index is -0.703. The Hall–Kier alpha value is -0.810. The fourth-order valence-corrected chi connectivity index (χ4v) is 1.52. The summed E-state index contributed by atoms with van der Waals surface area (Å²) in [6, 6.07) is 0. The van der Waals surface area contributed by atoms with Gasteiger partial charge in [0, 0.05) is 18.5 Å². The highest BCUT2D eigenvalue weighted by Crippen LogP contribution is 2.20. The van der Waals surface area contributed by atoms with E-state index in [1.54, 1.807) is 0 Å². The van der Waals surface area contributed by atoms with Crippen LogP contribution < -0.4 is 16.4 Å². The molecular weight excluding hydrogens is 206 g/mol. The molecule has 0 aromatic carbocycles. The molecule has 0 unspecified atom stereocenters. The van der Waals surface area contributed by atoms with Crippen LogP contribution >= 0.6 is 0 Å². The molecule has 5 heteroatoms. The van der Waals surface area contributed by atoms with Gasteiger partial charge in [0.2, 0.25) is 0 Å². The Morgan fingerprint density at radius 3 is 2.00 bits per heavy atom. The fourth-order valence-electron chi connectivity index (χ4n) is 1.52. The first kappa shape index (κ1) is 15.2. The van der Waals surface area contributed by atoms with Gasteiger partial charge in [-0.25, -0.2) is 4.79 Å². The van der Waals surface area contributed by atoms with Crippen LogP contribution in [0.25, 0.3) is 0 Å². The molecule has 0 spiro atoms. The van der Waals surface area contributed by atoms with Crippen molar-refractivity contribution in [3.05, 3.63) is 0 Å². The molecule has 0 atom stereocenters. The standard InChI is InChI=1S/C11H25N3O2/c1-4-11(7-13-5-2,8-14-6-3)9-16-10(12)15/h13-14H,4-9H2,1-3H3,(H2,12,15). The zero-order valence-electron chi connectivity index (χ0n) is 10.6. The molecule has 0 aliphatic rings. The lowest BCUT2D eigenvalue weighted by atomic mass is 9.85. The van der Waals surface area contributed by atoms with Crippen LogP contribution in [0.1, 0.15) is 27.2 Å². The Balaban J connectivity index is 4.33. The van der Waals surface area contributed by atoms with Gasteiger partial charge in [-0.05, 0) is 19.5 Å². The van der Waals surface area contributed by atoms with Crippen LogP contribution in [0.15, 0.2) is 0 Å². The molecule has 4 N–H and O–H groups in total. The van der Waals surface area contributed by atoms with Crippen molar-refractivity contribution in [3.63, 3.8) is 0 Å². The Bertz CT molecular complexity index is 190.